The Kier molecular flexibility index (Phi) is 7.53. The van der Waals surface area contributed by atoms with Gasteiger partial charge in [-0.15, -0.1) is 0 Å². The van der Waals surface area contributed by atoms with Gasteiger partial charge in [-0.1, -0.05) is 42.6 Å². The molecule has 2 aromatic rings. The van der Waals surface area contributed by atoms with Gasteiger partial charge < -0.3 is 15.4 Å². The third kappa shape index (κ3) is 4.88. The number of aromatic amines is 1. The lowest BCUT2D eigenvalue weighted by atomic mass is 10.3. The predicted octanol–water partition coefficient (Wildman–Crippen LogP) is 2.66. The molecule has 8 nitrogen and oxygen atoms in total. The number of nitrogens with zero attached hydrogens (tertiary/aromatic N) is 2. The first kappa shape index (κ1) is 21.8. The summed E-state index contributed by atoms with van der Waals surface area (Å²) in [4.78, 5) is 40.0. The topological polar surface area (TPSA) is 110 Å². The highest BCUT2D eigenvalue weighted by molar-refractivity contribution is 6.42. The fraction of sp³-hybridized carbons (Fsp3) is 0.389. The Morgan fingerprint density at radius 1 is 1.32 bits per heavy atom. The van der Waals surface area contributed by atoms with Gasteiger partial charge in [-0.3, -0.25) is 19.1 Å². The lowest BCUT2D eigenvalue weighted by Gasteiger charge is -2.20. The summed E-state index contributed by atoms with van der Waals surface area (Å²) in [7, 11) is 1.42. The number of amides is 1. The largest absolute Gasteiger partial charge is 0.491 e. The summed E-state index contributed by atoms with van der Waals surface area (Å²) in [5, 5.41) is 0.602. The van der Waals surface area contributed by atoms with Gasteiger partial charge in [0.2, 0.25) is 5.91 Å². The van der Waals surface area contributed by atoms with Crippen LogP contribution in [0.15, 0.2) is 27.8 Å². The number of nitrogens with one attached hydrogen (secondary N) is 1. The molecule has 10 heteroatoms. The third-order valence-corrected chi connectivity index (χ3v) is 4.95. The first-order valence-electron chi connectivity index (χ1n) is 8.73. The Hall–Kier alpha value is -2.45. The van der Waals surface area contributed by atoms with Gasteiger partial charge in [0.25, 0.3) is 5.56 Å². The van der Waals surface area contributed by atoms with E-state index in [1.54, 1.807) is 18.2 Å². The van der Waals surface area contributed by atoms with Crippen molar-refractivity contribution in [1.82, 2.24) is 9.55 Å². The molecule has 1 heterocycles. The highest BCUT2D eigenvalue weighted by Gasteiger charge is 2.21. The Morgan fingerprint density at radius 3 is 2.71 bits per heavy atom. The molecule has 1 aromatic carbocycles. The van der Waals surface area contributed by atoms with Crippen LogP contribution in [0.25, 0.3) is 0 Å². The van der Waals surface area contributed by atoms with Crippen LogP contribution in [0.5, 0.6) is 5.75 Å². The summed E-state index contributed by atoms with van der Waals surface area (Å²) in [5.41, 5.74) is 4.62. The van der Waals surface area contributed by atoms with E-state index >= 15 is 0 Å². The lowest BCUT2D eigenvalue weighted by Crippen LogP contribution is -2.39. The van der Waals surface area contributed by atoms with E-state index in [9.17, 15) is 14.4 Å². The number of unbranched alkanes of at least 4 members (excludes halogenated alkanes) is 1. The zero-order valence-corrected chi connectivity index (χ0v) is 17.1. The number of nitrogens with two attached hydrogens (primary N) is 1. The normalized spacial score (nSPS) is 10.7. The van der Waals surface area contributed by atoms with Crippen molar-refractivity contribution in [3.8, 4) is 5.75 Å². The minimum absolute atomic E-state index is 0.0243. The van der Waals surface area contributed by atoms with Gasteiger partial charge >= 0.3 is 5.69 Å². The molecule has 0 aliphatic carbocycles. The van der Waals surface area contributed by atoms with Crippen LogP contribution in [-0.4, -0.2) is 29.1 Å². The van der Waals surface area contributed by atoms with Gasteiger partial charge in [0.1, 0.15) is 16.6 Å². The van der Waals surface area contributed by atoms with Crippen LogP contribution in [0.3, 0.4) is 0 Å². The van der Waals surface area contributed by atoms with E-state index in [1.165, 1.54) is 11.6 Å². The number of aromatic nitrogens is 2. The third-order valence-electron chi connectivity index (χ3n) is 4.15. The van der Waals surface area contributed by atoms with E-state index < -0.39 is 17.2 Å². The second-order valence-corrected chi connectivity index (χ2v) is 6.89. The fourth-order valence-corrected chi connectivity index (χ4v) is 2.92. The number of nitrogen functional groups attached to an aromatic ring is 1. The first-order valence-corrected chi connectivity index (χ1v) is 9.49. The molecule has 1 aromatic heterocycles. The summed E-state index contributed by atoms with van der Waals surface area (Å²) in [5.74, 6) is -0.0945. The molecule has 1 amide bonds. The Bertz CT molecular complexity index is 971. The van der Waals surface area contributed by atoms with Crippen molar-refractivity contribution in [1.29, 1.82) is 0 Å². The molecule has 28 heavy (non-hydrogen) atoms. The summed E-state index contributed by atoms with van der Waals surface area (Å²) < 4.78 is 6.75. The highest BCUT2D eigenvalue weighted by Crippen LogP contribution is 2.31. The molecule has 0 unspecified atom stereocenters. The zero-order valence-electron chi connectivity index (χ0n) is 15.6. The number of rotatable bonds is 8. The van der Waals surface area contributed by atoms with E-state index in [-0.39, 0.29) is 29.6 Å². The number of carbonyl (C=O) groups is 1. The number of benzene rings is 1. The molecule has 152 valence electrons. The van der Waals surface area contributed by atoms with E-state index in [2.05, 4.69) is 4.98 Å². The van der Waals surface area contributed by atoms with Crippen molar-refractivity contribution in [2.75, 3.05) is 24.3 Å². The maximum absolute atomic E-state index is 12.5. The molecule has 0 atom stereocenters. The van der Waals surface area contributed by atoms with Crippen LogP contribution in [0.1, 0.15) is 26.2 Å². The number of H-pyrrole nitrogens is 1. The van der Waals surface area contributed by atoms with E-state index in [0.29, 0.717) is 23.7 Å². The van der Waals surface area contributed by atoms with Crippen molar-refractivity contribution in [3.05, 3.63) is 49.1 Å². The maximum Gasteiger partial charge on any atom is 0.330 e. The molecule has 0 aliphatic heterocycles. The number of halogens is 2. The van der Waals surface area contributed by atoms with Gasteiger partial charge in [0, 0.05) is 13.6 Å². The number of hydrogen-bond donors (Lipinski definition) is 2. The summed E-state index contributed by atoms with van der Waals surface area (Å²) in [6.45, 7) is 2.34. The van der Waals surface area contributed by atoms with Crippen LogP contribution in [0.2, 0.25) is 10.0 Å². The summed E-state index contributed by atoms with van der Waals surface area (Å²) in [6.07, 6.45) is 1.52. The SMILES string of the molecule is CCCCn1c(N)c(N(C)C(=O)CCOc2cccc(Cl)c2Cl)c(=O)[nH]c1=O. The molecule has 0 bridgehead atoms. The number of carbonyl (C=O) groups excluding carboxylic acids is 1. The smallest absolute Gasteiger partial charge is 0.330 e. The number of ether oxygens (including phenoxy) is 1. The molecule has 0 fully saturated rings. The number of hydrogen-bond acceptors (Lipinski definition) is 5. The fourth-order valence-electron chi connectivity index (χ4n) is 2.58. The first-order chi connectivity index (χ1) is 13.3. The minimum Gasteiger partial charge on any atom is -0.491 e. The molecule has 0 spiro atoms. The second kappa shape index (κ2) is 9.66. The van der Waals surface area contributed by atoms with Crippen molar-refractivity contribution < 1.29 is 9.53 Å². The van der Waals surface area contributed by atoms with Crippen molar-refractivity contribution in [2.45, 2.75) is 32.7 Å². The van der Waals surface area contributed by atoms with Crippen molar-refractivity contribution in [2.24, 2.45) is 0 Å². The Labute approximate surface area is 171 Å². The average molecular weight is 429 g/mol. The van der Waals surface area contributed by atoms with Crippen molar-refractivity contribution in [3.63, 3.8) is 0 Å². The zero-order chi connectivity index (χ0) is 20.8. The van der Waals surface area contributed by atoms with Gasteiger partial charge in [-0.05, 0) is 18.6 Å². The molecule has 3 N–H and O–H groups in total. The summed E-state index contributed by atoms with van der Waals surface area (Å²) in [6, 6.07) is 4.93. The van der Waals surface area contributed by atoms with Crippen LogP contribution >= 0.6 is 23.2 Å². The van der Waals surface area contributed by atoms with Crippen LogP contribution < -0.4 is 26.6 Å². The second-order valence-electron chi connectivity index (χ2n) is 6.10. The van der Waals surface area contributed by atoms with Crippen LogP contribution in [0, 0.1) is 0 Å². The van der Waals surface area contributed by atoms with Gasteiger partial charge in [-0.25, -0.2) is 4.79 Å². The Balaban J connectivity index is 2.13. The predicted molar refractivity (Wildman–Crippen MR) is 111 cm³/mol. The van der Waals surface area contributed by atoms with Gasteiger partial charge in [-0.2, -0.15) is 0 Å². The van der Waals surface area contributed by atoms with E-state index in [4.69, 9.17) is 33.7 Å². The number of anilines is 2. The van der Waals surface area contributed by atoms with Crippen molar-refractivity contribution >= 4 is 40.6 Å². The molecular formula is C18H22Cl2N4O4. The maximum atomic E-state index is 12.5. The highest BCUT2D eigenvalue weighted by atomic mass is 35.5. The monoisotopic (exact) mass is 428 g/mol. The average Bonchev–Trinajstić information content (AvgIpc) is 2.64. The van der Waals surface area contributed by atoms with Crippen LogP contribution in [-0.2, 0) is 11.3 Å². The Morgan fingerprint density at radius 2 is 2.04 bits per heavy atom. The van der Waals surface area contributed by atoms with Gasteiger partial charge in [0.15, 0.2) is 5.69 Å². The lowest BCUT2D eigenvalue weighted by molar-refractivity contribution is -0.118. The minimum atomic E-state index is -0.718. The molecule has 0 radical (unpaired) electrons. The molecule has 0 aliphatic rings. The summed E-state index contributed by atoms with van der Waals surface area (Å²) >= 11 is 12.0. The molecular weight excluding hydrogens is 407 g/mol. The van der Waals surface area contributed by atoms with Crippen LogP contribution in [0.4, 0.5) is 11.5 Å². The van der Waals surface area contributed by atoms with E-state index in [0.717, 1.165) is 11.3 Å². The molecule has 2 rings (SSSR count). The molecule has 0 saturated heterocycles. The molecule has 0 saturated carbocycles. The quantitative estimate of drug-likeness (QED) is 0.671. The van der Waals surface area contributed by atoms with Gasteiger partial charge in [0.05, 0.1) is 18.1 Å². The van der Waals surface area contributed by atoms with E-state index in [1.807, 2.05) is 6.92 Å². The standard InChI is InChI=1S/C18H22Cl2N4O4/c1-3-4-9-24-16(21)15(17(26)22-18(24)27)23(2)13(25)8-10-28-12-7-5-6-11(19)14(12)20/h5-7H,3-4,8-10,21H2,1-2H3,(H,22,26,27).